The number of rotatable bonds is 6. The van der Waals surface area contributed by atoms with Gasteiger partial charge < -0.3 is 15.4 Å². The summed E-state index contributed by atoms with van der Waals surface area (Å²) in [6.45, 7) is 7.45. The molecule has 0 aromatic carbocycles. The molecule has 2 N–H and O–H groups in total. The van der Waals surface area contributed by atoms with E-state index < -0.39 is 0 Å². The molecule has 1 fully saturated rings. The van der Waals surface area contributed by atoms with Crippen molar-refractivity contribution in [2.75, 3.05) is 13.2 Å². The maximum absolute atomic E-state index is 12.4. The van der Waals surface area contributed by atoms with E-state index in [0.717, 1.165) is 32.2 Å². The lowest BCUT2D eigenvalue weighted by atomic mass is 9.96. The molecule has 3 unspecified atom stereocenters. The summed E-state index contributed by atoms with van der Waals surface area (Å²) in [5, 5.41) is 0. The number of ether oxygens (including phenoxy) is 1. The van der Waals surface area contributed by atoms with Crippen molar-refractivity contribution in [3.05, 3.63) is 0 Å². The fourth-order valence-corrected chi connectivity index (χ4v) is 2.49. The van der Waals surface area contributed by atoms with Crippen LogP contribution in [0.5, 0.6) is 0 Å². The Balaban J connectivity index is 2.51. The minimum atomic E-state index is -0.337. The Morgan fingerprint density at radius 1 is 1.44 bits per heavy atom. The number of likely N-dealkylation sites (tertiary alicyclic amines) is 1. The lowest BCUT2D eigenvalue weighted by Gasteiger charge is -2.39. The fourth-order valence-electron chi connectivity index (χ4n) is 2.49. The number of amides is 1. The number of unbranched alkanes of at least 4 members (excludes halogenated alkanes) is 1. The van der Waals surface area contributed by atoms with Gasteiger partial charge in [-0.1, -0.05) is 13.3 Å². The second kappa shape index (κ2) is 7.74. The molecule has 1 saturated heterocycles. The first-order valence-corrected chi connectivity index (χ1v) is 7.25. The van der Waals surface area contributed by atoms with E-state index >= 15 is 0 Å². The Morgan fingerprint density at radius 3 is 2.78 bits per heavy atom. The summed E-state index contributed by atoms with van der Waals surface area (Å²) in [5.74, 6) is 0.105. The molecular weight excluding hydrogens is 228 g/mol. The smallest absolute Gasteiger partial charge is 0.251 e. The van der Waals surface area contributed by atoms with Gasteiger partial charge in [-0.3, -0.25) is 4.79 Å². The third-order valence-corrected chi connectivity index (χ3v) is 3.65. The fraction of sp³-hybridized carbons (Fsp3) is 0.929. The van der Waals surface area contributed by atoms with E-state index in [1.807, 2.05) is 18.7 Å². The molecule has 1 amide bonds. The number of hydrogen-bond donors (Lipinski definition) is 1. The average Bonchev–Trinajstić information content (AvgIpc) is 2.38. The van der Waals surface area contributed by atoms with Crippen molar-refractivity contribution in [3.63, 3.8) is 0 Å². The molecule has 0 aromatic rings. The van der Waals surface area contributed by atoms with Crippen molar-refractivity contribution in [2.24, 2.45) is 5.73 Å². The summed E-state index contributed by atoms with van der Waals surface area (Å²) in [4.78, 5) is 14.3. The van der Waals surface area contributed by atoms with Crippen molar-refractivity contribution in [3.8, 4) is 0 Å². The Bertz CT molecular complexity index is 256. The van der Waals surface area contributed by atoms with E-state index in [2.05, 4.69) is 6.92 Å². The number of carbonyl (C=O) groups excluding carboxylic acids is 1. The summed E-state index contributed by atoms with van der Waals surface area (Å²) in [6.07, 6.45) is 5.03. The van der Waals surface area contributed by atoms with Crippen LogP contribution in [-0.2, 0) is 9.53 Å². The normalized spacial score (nSPS) is 23.8. The van der Waals surface area contributed by atoms with Crippen LogP contribution < -0.4 is 5.73 Å². The van der Waals surface area contributed by atoms with Crippen LogP contribution in [0.2, 0.25) is 0 Å². The van der Waals surface area contributed by atoms with Crippen LogP contribution in [0, 0.1) is 0 Å². The highest BCUT2D eigenvalue weighted by molar-refractivity contribution is 5.81. The van der Waals surface area contributed by atoms with Gasteiger partial charge in [-0.05, 0) is 39.5 Å². The van der Waals surface area contributed by atoms with Gasteiger partial charge >= 0.3 is 0 Å². The summed E-state index contributed by atoms with van der Waals surface area (Å²) in [5.41, 5.74) is 5.98. The molecule has 0 aromatic heterocycles. The van der Waals surface area contributed by atoms with Gasteiger partial charge in [-0.2, -0.15) is 0 Å². The monoisotopic (exact) mass is 256 g/mol. The topological polar surface area (TPSA) is 55.6 Å². The van der Waals surface area contributed by atoms with Gasteiger partial charge in [0.15, 0.2) is 0 Å². The van der Waals surface area contributed by atoms with Crippen LogP contribution in [-0.4, -0.2) is 42.1 Å². The van der Waals surface area contributed by atoms with Crippen molar-refractivity contribution < 1.29 is 9.53 Å². The largest absolute Gasteiger partial charge is 0.369 e. The van der Waals surface area contributed by atoms with Crippen molar-refractivity contribution in [2.45, 2.75) is 71.1 Å². The van der Waals surface area contributed by atoms with Crippen LogP contribution >= 0.6 is 0 Å². The van der Waals surface area contributed by atoms with E-state index in [4.69, 9.17) is 10.5 Å². The predicted octanol–water partition coefficient (Wildman–Crippen LogP) is 1.92. The zero-order valence-electron chi connectivity index (χ0n) is 12.0. The maximum Gasteiger partial charge on any atom is 0.251 e. The maximum atomic E-state index is 12.4. The number of piperidine rings is 1. The van der Waals surface area contributed by atoms with Gasteiger partial charge in [0.25, 0.3) is 5.91 Å². The first-order chi connectivity index (χ1) is 8.57. The van der Waals surface area contributed by atoms with Crippen LogP contribution in [0.25, 0.3) is 0 Å². The molecule has 1 heterocycles. The molecule has 0 aliphatic carbocycles. The first kappa shape index (κ1) is 15.4. The van der Waals surface area contributed by atoms with Gasteiger partial charge in [0.1, 0.15) is 6.10 Å². The molecule has 4 heteroatoms. The highest BCUT2D eigenvalue weighted by Crippen LogP contribution is 2.20. The molecule has 4 nitrogen and oxygen atoms in total. The average molecular weight is 256 g/mol. The molecule has 0 radical (unpaired) electrons. The van der Waals surface area contributed by atoms with Crippen LogP contribution in [0.3, 0.4) is 0 Å². The molecule has 106 valence electrons. The van der Waals surface area contributed by atoms with E-state index in [-0.39, 0.29) is 24.1 Å². The van der Waals surface area contributed by atoms with Crippen molar-refractivity contribution >= 4 is 5.91 Å². The van der Waals surface area contributed by atoms with E-state index in [0.29, 0.717) is 6.61 Å². The third kappa shape index (κ3) is 4.25. The summed E-state index contributed by atoms with van der Waals surface area (Å²) >= 11 is 0. The van der Waals surface area contributed by atoms with E-state index in [1.54, 1.807) is 0 Å². The molecule has 1 aliphatic rings. The second-order valence-electron chi connectivity index (χ2n) is 5.32. The number of nitrogens with zero attached hydrogens (tertiary/aromatic N) is 1. The molecule has 18 heavy (non-hydrogen) atoms. The minimum Gasteiger partial charge on any atom is -0.369 e. The second-order valence-corrected chi connectivity index (χ2v) is 5.32. The lowest BCUT2D eigenvalue weighted by Crippen LogP contribution is -2.54. The van der Waals surface area contributed by atoms with Crippen LogP contribution in [0.15, 0.2) is 0 Å². The molecule has 1 rings (SSSR count). The van der Waals surface area contributed by atoms with Crippen molar-refractivity contribution in [1.29, 1.82) is 0 Å². The number of hydrogen-bond acceptors (Lipinski definition) is 3. The van der Waals surface area contributed by atoms with E-state index in [9.17, 15) is 4.79 Å². The molecule has 0 saturated carbocycles. The standard InChI is InChI=1S/C14H28N2O2/c1-4-5-10-18-12(3)14(17)16-9-7-6-8-13(16)11(2)15/h11-13H,4-10,15H2,1-3H3. The van der Waals surface area contributed by atoms with Gasteiger partial charge in [-0.25, -0.2) is 0 Å². The first-order valence-electron chi connectivity index (χ1n) is 7.25. The molecule has 0 bridgehead atoms. The van der Waals surface area contributed by atoms with Gasteiger partial charge in [-0.15, -0.1) is 0 Å². The van der Waals surface area contributed by atoms with Crippen LogP contribution in [0.4, 0.5) is 0 Å². The van der Waals surface area contributed by atoms with Gasteiger partial charge in [0.2, 0.25) is 0 Å². The van der Waals surface area contributed by atoms with E-state index in [1.165, 1.54) is 6.42 Å². The third-order valence-electron chi connectivity index (χ3n) is 3.65. The molecular formula is C14H28N2O2. The summed E-state index contributed by atoms with van der Waals surface area (Å²) in [6, 6.07) is 0.223. The van der Waals surface area contributed by atoms with Crippen LogP contribution in [0.1, 0.15) is 52.9 Å². The Morgan fingerprint density at radius 2 is 2.17 bits per heavy atom. The minimum absolute atomic E-state index is 0.0390. The Hall–Kier alpha value is -0.610. The molecule has 0 spiro atoms. The highest BCUT2D eigenvalue weighted by atomic mass is 16.5. The zero-order valence-corrected chi connectivity index (χ0v) is 12.0. The molecule has 3 atom stereocenters. The zero-order chi connectivity index (χ0) is 13.5. The highest BCUT2D eigenvalue weighted by Gasteiger charge is 2.31. The quantitative estimate of drug-likeness (QED) is 0.739. The van der Waals surface area contributed by atoms with Gasteiger partial charge in [0, 0.05) is 25.2 Å². The summed E-state index contributed by atoms with van der Waals surface area (Å²) < 4.78 is 5.59. The summed E-state index contributed by atoms with van der Waals surface area (Å²) in [7, 11) is 0. The predicted molar refractivity (Wildman–Crippen MR) is 73.3 cm³/mol. The Labute approximate surface area is 111 Å². The number of nitrogens with two attached hydrogens (primary N) is 1. The van der Waals surface area contributed by atoms with Crippen molar-refractivity contribution in [1.82, 2.24) is 4.90 Å². The Kier molecular flexibility index (Phi) is 6.65. The lowest BCUT2D eigenvalue weighted by molar-refractivity contribution is -0.147. The SMILES string of the molecule is CCCCOC(C)C(=O)N1CCCCC1C(C)N. The molecule has 1 aliphatic heterocycles. The van der Waals surface area contributed by atoms with Gasteiger partial charge in [0.05, 0.1) is 0 Å². The number of carbonyl (C=O) groups is 1.